The largest absolute Gasteiger partial charge is 0.418 e. The highest BCUT2D eigenvalue weighted by Crippen LogP contribution is 2.36. The van der Waals surface area contributed by atoms with Crippen LogP contribution in [-0.4, -0.2) is 11.8 Å². The number of nitrogens with one attached hydrogen (secondary N) is 2. The molecule has 0 aliphatic heterocycles. The Morgan fingerprint density at radius 1 is 1.04 bits per heavy atom. The van der Waals surface area contributed by atoms with Gasteiger partial charge in [0.2, 0.25) is 11.8 Å². The number of anilines is 2. The van der Waals surface area contributed by atoms with Crippen LogP contribution in [0.4, 0.5) is 24.5 Å². The van der Waals surface area contributed by atoms with Gasteiger partial charge in [-0.15, -0.1) is 0 Å². The van der Waals surface area contributed by atoms with Gasteiger partial charge in [-0.05, 0) is 35.9 Å². The third kappa shape index (κ3) is 5.37. The van der Waals surface area contributed by atoms with Gasteiger partial charge in [-0.25, -0.2) is 0 Å². The summed E-state index contributed by atoms with van der Waals surface area (Å²) in [6, 6.07) is 7.59. The number of benzene rings is 2. The summed E-state index contributed by atoms with van der Waals surface area (Å²) in [6.07, 6.45) is -4.93. The van der Waals surface area contributed by atoms with E-state index in [-0.39, 0.29) is 17.1 Å². The van der Waals surface area contributed by atoms with Gasteiger partial charge in [0, 0.05) is 22.7 Å². The Kier molecular flexibility index (Phi) is 6.15. The van der Waals surface area contributed by atoms with Crippen LogP contribution in [0, 0.1) is 0 Å². The van der Waals surface area contributed by atoms with Crippen LogP contribution in [0.25, 0.3) is 0 Å². The van der Waals surface area contributed by atoms with Crippen molar-refractivity contribution in [1.29, 1.82) is 0 Å². The van der Waals surface area contributed by atoms with Gasteiger partial charge in [-0.3, -0.25) is 9.59 Å². The first kappa shape index (κ1) is 20.1. The lowest BCUT2D eigenvalue weighted by atomic mass is 10.1. The fourth-order valence-electron chi connectivity index (χ4n) is 2.20. The molecule has 0 saturated carbocycles. The summed E-state index contributed by atoms with van der Waals surface area (Å²) in [5.74, 6) is -1.18. The van der Waals surface area contributed by atoms with E-state index in [2.05, 4.69) is 10.6 Å². The van der Waals surface area contributed by atoms with Gasteiger partial charge in [0.1, 0.15) is 0 Å². The molecule has 9 heteroatoms. The van der Waals surface area contributed by atoms with E-state index in [1.54, 1.807) is 0 Å². The molecule has 0 spiro atoms. The first-order valence-corrected chi connectivity index (χ1v) is 8.04. The summed E-state index contributed by atoms with van der Waals surface area (Å²) in [6.45, 7) is 1.18. The van der Waals surface area contributed by atoms with Gasteiger partial charge >= 0.3 is 6.18 Å². The second-order valence-electron chi connectivity index (χ2n) is 5.40. The third-order valence-corrected chi connectivity index (χ3v) is 3.87. The molecule has 2 aromatic rings. The summed E-state index contributed by atoms with van der Waals surface area (Å²) in [7, 11) is 0. The highest BCUT2D eigenvalue weighted by atomic mass is 35.5. The molecule has 2 rings (SSSR count). The summed E-state index contributed by atoms with van der Waals surface area (Å²) >= 11 is 11.7. The van der Waals surface area contributed by atoms with Crippen molar-refractivity contribution in [3.63, 3.8) is 0 Å². The molecule has 2 amide bonds. The van der Waals surface area contributed by atoms with Gasteiger partial charge in [0.25, 0.3) is 0 Å². The number of rotatable bonds is 4. The number of hydrogen-bond acceptors (Lipinski definition) is 2. The molecule has 4 nitrogen and oxygen atoms in total. The minimum Gasteiger partial charge on any atom is -0.326 e. The van der Waals surface area contributed by atoms with Crippen LogP contribution in [-0.2, 0) is 22.2 Å². The normalized spacial score (nSPS) is 11.2. The van der Waals surface area contributed by atoms with Crippen LogP contribution in [0.15, 0.2) is 36.4 Å². The van der Waals surface area contributed by atoms with Crippen molar-refractivity contribution in [2.24, 2.45) is 0 Å². The van der Waals surface area contributed by atoms with Crippen molar-refractivity contribution >= 4 is 46.4 Å². The molecular weight excluding hydrogens is 392 g/mol. The molecule has 2 aromatic carbocycles. The predicted molar refractivity (Wildman–Crippen MR) is 94.5 cm³/mol. The number of amides is 2. The standard InChI is InChI=1S/C17H13Cl2F3N2O2/c1-9(25)23-12-4-5-15(13(8-12)17(20,21)22)24-16(26)6-10-2-3-11(18)7-14(10)19/h2-5,7-8H,6H2,1H3,(H,23,25)(H,24,26). The van der Waals surface area contributed by atoms with E-state index >= 15 is 0 Å². The molecule has 0 aliphatic carbocycles. The SMILES string of the molecule is CC(=O)Nc1ccc(NC(=O)Cc2ccc(Cl)cc2Cl)c(C(F)(F)F)c1. The molecule has 0 unspecified atom stereocenters. The van der Waals surface area contributed by atoms with Crippen LogP contribution < -0.4 is 10.6 Å². The first-order valence-electron chi connectivity index (χ1n) is 7.29. The molecule has 26 heavy (non-hydrogen) atoms. The molecule has 0 fully saturated rings. The summed E-state index contributed by atoms with van der Waals surface area (Å²) in [4.78, 5) is 23.1. The molecule has 0 saturated heterocycles. The van der Waals surface area contributed by atoms with Gasteiger partial charge in [-0.1, -0.05) is 29.3 Å². The van der Waals surface area contributed by atoms with Gasteiger partial charge < -0.3 is 10.6 Å². The number of alkyl halides is 3. The maximum absolute atomic E-state index is 13.3. The maximum atomic E-state index is 13.3. The Morgan fingerprint density at radius 3 is 2.31 bits per heavy atom. The van der Waals surface area contributed by atoms with Crippen LogP contribution in [0.5, 0.6) is 0 Å². The fraction of sp³-hybridized carbons (Fsp3) is 0.176. The van der Waals surface area contributed by atoms with Crippen LogP contribution in [0.2, 0.25) is 10.0 Å². The summed E-state index contributed by atoms with van der Waals surface area (Å²) in [5.41, 5.74) is -1.08. The lowest BCUT2D eigenvalue weighted by molar-refractivity contribution is -0.137. The zero-order valence-electron chi connectivity index (χ0n) is 13.4. The van der Waals surface area contributed by atoms with E-state index < -0.39 is 29.2 Å². The monoisotopic (exact) mass is 404 g/mol. The number of carbonyl (C=O) groups is 2. The second kappa shape index (κ2) is 7.97. The zero-order valence-corrected chi connectivity index (χ0v) is 14.9. The lowest BCUT2D eigenvalue weighted by Gasteiger charge is -2.16. The average molecular weight is 405 g/mol. The van der Waals surface area contributed by atoms with Crippen LogP contribution >= 0.6 is 23.2 Å². The van der Waals surface area contributed by atoms with E-state index in [0.29, 0.717) is 10.6 Å². The van der Waals surface area contributed by atoms with Crippen LogP contribution in [0.1, 0.15) is 18.1 Å². The van der Waals surface area contributed by atoms with Gasteiger partial charge in [-0.2, -0.15) is 13.2 Å². The number of carbonyl (C=O) groups excluding carboxylic acids is 2. The van der Waals surface area contributed by atoms with E-state index in [1.807, 2.05) is 0 Å². The van der Waals surface area contributed by atoms with Gasteiger partial charge in [0.05, 0.1) is 17.7 Å². The van der Waals surface area contributed by atoms with Crippen molar-refractivity contribution < 1.29 is 22.8 Å². The van der Waals surface area contributed by atoms with Crippen molar-refractivity contribution in [3.05, 3.63) is 57.6 Å². The highest BCUT2D eigenvalue weighted by Gasteiger charge is 2.34. The molecule has 0 aromatic heterocycles. The minimum atomic E-state index is -4.71. The van der Waals surface area contributed by atoms with E-state index in [9.17, 15) is 22.8 Å². The zero-order chi connectivity index (χ0) is 19.5. The minimum absolute atomic E-state index is 0.0245. The maximum Gasteiger partial charge on any atom is 0.418 e. The topological polar surface area (TPSA) is 58.2 Å². The second-order valence-corrected chi connectivity index (χ2v) is 6.24. The summed E-state index contributed by atoms with van der Waals surface area (Å²) in [5, 5.41) is 5.12. The molecule has 0 atom stereocenters. The molecular formula is C17H13Cl2F3N2O2. The molecule has 0 aliphatic rings. The Bertz CT molecular complexity index is 854. The van der Waals surface area contributed by atoms with Crippen molar-refractivity contribution in [2.45, 2.75) is 19.5 Å². The first-order chi connectivity index (χ1) is 12.1. The number of hydrogen-bond donors (Lipinski definition) is 2. The van der Waals surface area contributed by atoms with Crippen molar-refractivity contribution in [3.8, 4) is 0 Å². The molecule has 2 N–H and O–H groups in total. The lowest BCUT2D eigenvalue weighted by Crippen LogP contribution is -2.19. The van der Waals surface area contributed by atoms with E-state index in [0.717, 1.165) is 12.1 Å². The molecule has 138 valence electrons. The third-order valence-electron chi connectivity index (χ3n) is 3.29. The van der Waals surface area contributed by atoms with Crippen molar-refractivity contribution in [2.75, 3.05) is 10.6 Å². The molecule has 0 heterocycles. The Hall–Kier alpha value is -2.25. The van der Waals surface area contributed by atoms with Gasteiger partial charge in [0.15, 0.2) is 0 Å². The Balaban J connectivity index is 2.24. The van der Waals surface area contributed by atoms with E-state index in [1.165, 1.54) is 31.2 Å². The predicted octanol–water partition coefficient (Wildman–Crippen LogP) is 5.15. The van der Waals surface area contributed by atoms with E-state index in [4.69, 9.17) is 23.2 Å². The highest BCUT2D eigenvalue weighted by molar-refractivity contribution is 6.35. The van der Waals surface area contributed by atoms with Crippen molar-refractivity contribution in [1.82, 2.24) is 0 Å². The molecule has 0 radical (unpaired) electrons. The Morgan fingerprint density at radius 2 is 1.73 bits per heavy atom. The smallest absolute Gasteiger partial charge is 0.326 e. The quantitative estimate of drug-likeness (QED) is 0.739. The average Bonchev–Trinajstić information content (AvgIpc) is 2.50. The fourth-order valence-corrected chi connectivity index (χ4v) is 2.68. The van der Waals surface area contributed by atoms with Crippen LogP contribution in [0.3, 0.4) is 0 Å². The Labute approximate surface area is 157 Å². The molecule has 0 bridgehead atoms. The summed E-state index contributed by atoms with van der Waals surface area (Å²) < 4.78 is 39.8. The number of halogens is 5.